The molecule has 0 radical (unpaired) electrons. The molecular weight excluding hydrogens is 256 g/mol. The summed E-state index contributed by atoms with van der Waals surface area (Å²) in [5.74, 6) is -0.526. The molecule has 1 unspecified atom stereocenters. The van der Waals surface area contributed by atoms with Crippen molar-refractivity contribution in [3.05, 3.63) is 23.8 Å². The predicted octanol–water partition coefficient (Wildman–Crippen LogP) is 0.330. The Hall–Kier alpha value is -2.24. The van der Waals surface area contributed by atoms with Crippen LogP contribution in [0.3, 0.4) is 0 Å². The van der Waals surface area contributed by atoms with Gasteiger partial charge in [-0.1, -0.05) is 6.07 Å². The number of anilines is 2. The summed E-state index contributed by atoms with van der Waals surface area (Å²) in [4.78, 5) is 25.3. The summed E-state index contributed by atoms with van der Waals surface area (Å²) in [7, 11) is 1.64. The maximum Gasteiger partial charge on any atom is 0.250 e. The van der Waals surface area contributed by atoms with Crippen molar-refractivity contribution in [3.8, 4) is 0 Å². The van der Waals surface area contributed by atoms with Crippen LogP contribution in [0.4, 0.5) is 11.4 Å². The Balaban J connectivity index is 2.29. The van der Waals surface area contributed by atoms with Crippen LogP contribution in [-0.4, -0.2) is 32.0 Å². The molecule has 1 fully saturated rings. The van der Waals surface area contributed by atoms with E-state index in [1.165, 1.54) is 0 Å². The molecule has 20 heavy (non-hydrogen) atoms. The van der Waals surface area contributed by atoms with Gasteiger partial charge in [0.15, 0.2) is 0 Å². The number of rotatable bonds is 3. The smallest absolute Gasteiger partial charge is 0.250 e. The number of nitrogens with zero attached hydrogens (tertiary/aromatic N) is 1. The fraction of sp³-hybridized carbons (Fsp3) is 0.429. The monoisotopic (exact) mass is 276 g/mol. The largest absolute Gasteiger partial charge is 0.396 e. The number of nitrogens with one attached hydrogen (secondary N) is 1. The molecule has 0 aliphatic carbocycles. The molecule has 6 nitrogen and oxygen atoms in total. The Morgan fingerprint density at radius 1 is 1.40 bits per heavy atom. The quantitative estimate of drug-likeness (QED) is 0.692. The molecule has 1 heterocycles. The maximum absolute atomic E-state index is 11.9. The van der Waals surface area contributed by atoms with E-state index < -0.39 is 11.3 Å². The maximum atomic E-state index is 11.9. The van der Waals surface area contributed by atoms with Gasteiger partial charge in [0.1, 0.15) is 0 Å². The standard InChI is InChI=1S/C14H20N4O2/c1-14(13(20)17-2)6-7-18(8-14)10-5-3-4-9(11(10)15)12(16)19/h3-5H,6-8,15H2,1-2H3,(H2,16,19)(H,17,20). The van der Waals surface area contributed by atoms with E-state index in [1.54, 1.807) is 19.2 Å². The van der Waals surface area contributed by atoms with Gasteiger partial charge in [0.05, 0.1) is 22.4 Å². The minimum absolute atomic E-state index is 0.0182. The average Bonchev–Trinajstić information content (AvgIpc) is 2.81. The highest BCUT2D eigenvalue weighted by Crippen LogP contribution is 2.36. The molecule has 1 atom stereocenters. The van der Waals surface area contributed by atoms with Crippen molar-refractivity contribution in [2.45, 2.75) is 13.3 Å². The summed E-state index contributed by atoms with van der Waals surface area (Å²) >= 11 is 0. The van der Waals surface area contributed by atoms with Crippen molar-refractivity contribution < 1.29 is 9.59 Å². The van der Waals surface area contributed by atoms with Crippen molar-refractivity contribution >= 4 is 23.2 Å². The van der Waals surface area contributed by atoms with E-state index in [2.05, 4.69) is 5.32 Å². The number of carbonyl (C=O) groups is 2. The van der Waals surface area contributed by atoms with Gasteiger partial charge < -0.3 is 21.7 Å². The molecule has 0 aromatic heterocycles. The van der Waals surface area contributed by atoms with E-state index >= 15 is 0 Å². The van der Waals surface area contributed by atoms with Crippen LogP contribution in [0.2, 0.25) is 0 Å². The number of hydrogen-bond donors (Lipinski definition) is 3. The highest BCUT2D eigenvalue weighted by atomic mass is 16.2. The lowest BCUT2D eigenvalue weighted by molar-refractivity contribution is -0.128. The summed E-state index contributed by atoms with van der Waals surface area (Å²) in [6.07, 6.45) is 0.743. The summed E-state index contributed by atoms with van der Waals surface area (Å²) < 4.78 is 0. The van der Waals surface area contributed by atoms with E-state index in [0.29, 0.717) is 17.8 Å². The van der Waals surface area contributed by atoms with Gasteiger partial charge in [-0.15, -0.1) is 0 Å². The fourth-order valence-corrected chi connectivity index (χ4v) is 2.70. The Labute approximate surface area is 118 Å². The zero-order chi connectivity index (χ0) is 14.9. The van der Waals surface area contributed by atoms with Crippen molar-refractivity contribution in [1.82, 2.24) is 5.32 Å². The van der Waals surface area contributed by atoms with Crippen LogP contribution < -0.4 is 21.7 Å². The number of hydrogen-bond acceptors (Lipinski definition) is 4. The van der Waals surface area contributed by atoms with E-state index in [9.17, 15) is 9.59 Å². The topological polar surface area (TPSA) is 101 Å². The highest BCUT2D eigenvalue weighted by Gasteiger charge is 2.40. The molecule has 2 amide bonds. The number of amides is 2. The number of carbonyl (C=O) groups excluding carboxylic acids is 2. The molecule has 6 heteroatoms. The van der Waals surface area contributed by atoms with Crippen LogP contribution in [0.25, 0.3) is 0 Å². The molecule has 108 valence electrons. The van der Waals surface area contributed by atoms with Gasteiger partial charge in [0, 0.05) is 20.1 Å². The Kier molecular flexibility index (Phi) is 3.57. The normalized spacial score (nSPS) is 21.8. The summed E-state index contributed by atoms with van der Waals surface area (Å²) in [5.41, 5.74) is 12.3. The Morgan fingerprint density at radius 2 is 2.10 bits per heavy atom. The molecule has 0 saturated carbocycles. The Morgan fingerprint density at radius 3 is 2.70 bits per heavy atom. The van der Waals surface area contributed by atoms with Crippen LogP contribution in [0.5, 0.6) is 0 Å². The third kappa shape index (κ3) is 2.29. The molecular formula is C14H20N4O2. The summed E-state index contributed by atoms with van der Waals surface area (Å²) in [5, 5.41) is 2.69. The van der Waals surface area contributed by atoms with Crippen LogP contribution in [0.1, 0.15) is 23.7 Å². The highest BCUT2D eigenvalue weighted by molar-refractivity contribution is 6.01. The lowest BCUT2D eigenvalue weighted by Crippen LogP contribution is -2.39. The van der Waals surface area contributed by atoms with E-state index in [1.807, 2.05) is 17.9 Å². The minimum atomic E-state index is -0.544. The lowest BCUT2D eigenvalue weighted by Gasteiger charge is -2.25. The van der Waals surface area contributed by atoms with Gasteiger partial charge in [-0.25, -0.2) is 0 Å². The van der Waals surface area contributed by atoms with Crippen LogP contribution in [0.15, 0.2) is 18.2 Å². The predicted molar refractivity (Wildman–Crippen MR) is 78.4 cm³/mol. The molecule has 1 aliphatic rings. The van der Waals surface area contributed by atoms with Gasteiger partial charge in [-0.3, -0.25) is 9.59 Å². The number of benzene rings is 1. The minimum Gasteiger partial charge on any atom is -0.396 e. The lowest BCUT2D eigenvalue weighted by atomic mass is 9.89. The molecule has 0 spiro atoms. The van der Waals surface area contributed by atoms with E-state index in [-0.39, 0.29) is 5.91 Å². The van der Waals surface area contributed by atoms with Crippen molar-refractivity contribution in [3.63, 3.8) is 0 Å². The molecule has 1 aromatic rings. The number of nitrogens with two attached hydrogens (primary N) is 2. The average molecular weight is 276 g/mol. The zero-order valence-corrected chi connectivity index (χ0v) is 11.8. The number of para-hydroxylation sites is 1. The fourth-order valence-electron chi connectivity index (χ4n) is 2.70. The molecule has 5 N–H and O–H groups in total. The number of nitrogen functional groups attached to an aromatic ring is 1. The van der Waals surface area contributed by atoms with Gasteiger partial charge in [0.25, 0.3) is 5.91 Å². The third-order valence-corrected chi connectivity index (χ3v) is 3.94. The Bertz CT molecular complexity index is 558. The molecule has 0 bridgehead atoms. The van der Waals surface area contributed by atoms with Gasteiger partial charge in [-0.2, -0.15) is 0 Å². The molecule has 1 aromatic carbocycles. The second kappa shape index (κ2) is 5.03. The molecule has 1 saturated heterocycles. The summed E-state index contributed by atoms with van der Waals surface area (Å²) in [6, 6.07) is 5.20. The third-order valence-electron chi connectivity index (χ3n) is 3.94. The van der Waals surface area contributed by atoms with Crippen molar-refractivity contribution in [2.75, 3.05) is 30.8 Å². The second-order valence-corrected chi connectivity index (χ2v) is 5.41. The van der Waals surface area contributed by atoms with Gasteiger partial charge >= 0.3 is 0 Å². The number of primary amides is 1. The second-order valence-electron chi connectivity index (χ2n) is 5.41. The molecule has 1 aliphatic heterocycles. The first-order valence-electron chi connectivity index (χ1n) is 6.54. The SMILES string of the molecule is CNC(=O)C1(C)CCN(c2cccc(C(N)=O)c2N)C1. The summed E-state index contributed by atoms with van der Waals surface area (Å²) in [6.45, 7) is 3.22. The van der Waals surface area contributed by atoms with Crippen molar-refractivity contribution in [2.24, 2.45) is 11.1 Å². The van der Waals surface area contributed by atoms with E-state index in [4.69, 9.17) is 11.5 Å². The van der Waals surface area contributed by atoms with Gasteiger partial charge in [-0.05, 0) is 25.5 Å². The molecule has 2 rings (SSSR count). The first-order chi connectivity index (χ1) is 9.39. The van der Waals surface area contributed by atoms with Gasteiger partial charge in [0.2, 0.25) is 5.91 Å². The van der Waals surface area contributed by atoms with Crippen molar-refractivity contribution in [1.29, 1.82) is 0 Å². The van der Waals surface area contributed by atoms with Crippen LogP contribution in [-0.2, 0) is 4.79 Å². The van der Waals surface area contributed by atoms with Crippen LogP contribution in [0, 0.1) is 5.41 Å². The van der Waals surface area contributed by atoms with E-state index in [0.717, 1.165) is 18.7 Å². The first-order valence-corrected chi connectivity index (χ1v) is 6.54. The zero-order valence-electron chi connectivity index (χ0n) is 11.8. The first kappa shape index (κ1) is 14.2. The van der Waals surface area contributed by atoms with Crippen LogP contribution >= 0.6 is 0 Å².